The van der Waals surface area contributed by atoms with Crippen molar-refractivity contribution in [3.05, 3.63) is 0 Å². The summed E-state index contributed by atoms with van der Waals surface area (Å²) in [5, 5.41) is 8.99. The van der Waals surface area contributed by atoms with Gasteiger partial charge in [0.05, 0.1) is 0 Å². The number of unbranched alkanes of at least 4 members (excludes halogenated alkanes) is 21. The summed E-state index contributed by atoms with van der Waals surface area (Å²) in [6.07, 6.45) is 32.9. The molecular formula is C38H78N4O3. The van der Waals surface area contributed by atoms with Crippen LogP contribution in [0.5, 0.6) is 0 Å². The van der Waals surface area contributed by atoms with Gasteiger partial charge in [0.1, 0.15) is 0 Å². The highest BCUT2D eigenvalue weighted by molar-refractivity contribution is 5.76. The molecule has 0 aliphatic carbocycles. The van der Waals surface area contributed by atoms with Gasteiger partial charge in [0.25, 0.3) is 0 Å². The number of carbonyl (C=O) groups excluding carboxylic acids is 2. The molecule has 0 aromatic rings. The Hall–Kier alpha value is -1.18. The van der Waals surface area contributed by atoms with E-state index in [2.05, 4.69) is 19.3 Å². The highest BCUT2D eigenvalue weighted by Crippen LogP contribution is 2.15. The second kappa shape index (κ2) is 35.7. The van der Waals surface area contributed by atoms with Gasteiger partial charge in [0, 0.05) is 45.6 Å². The van der Waals surface area contributed by atoms with Gasteiger partial charge >= 0.3 is 0 Å². The van der Waals surface area contributed by atoms with Crippen molar-refractivity contribution in [2.45, 2.75) is 194 Å². The first-order valence-corrected chi connectivity index (χ1v) is 19.7. The molecule has 0 aliphatic heterocycles. The summed E-state index contributed by atoms with van der Waals surface area (Å²) in [5.41, 5.74) is 7.99. The number of nitrogens with one attached hydrogen (secondary N) is 1. The fraction of sp³-hybridized carbons (Fsp3) is 0.947. The van der Waals surface area contributed by atoms with Gasteiger partial charge < -0.3 is 20.7 Å². The number of nitrogens with two attached hydrogens (primary N) is 1. The Labute approximate surface area is 280 Å². The van der Waals surface area contributed by atoms with Crippen LogP contribution in [-0.4, -0.2) is 66.1 Å². The predicted octanol–water partition coefficient (Wildman–Crippen LogP) is 9.54. The number of amides is 2. The van der Waals surface area contributed by atoms with Crippen LogP contribution in [0.1, 0.15) is 194 Å². The third-order valence-electron chi connectivity index (χ3n) is 9.15. The van der Waals surface area contributed by atoms with Crippen molar-refractivity contribution in [3.63, 3.8) is 0 Å². The first-order chi connectivity index (χ1) is 22.1. The highest BCUT2D eigenvalue weighted by atomic mass is 16.5. The third kappa shape index (κ3) is 29.9. The van der Waals surface area contributed by atoms with Crippen molar-refractivity contribution in [1.82, 2.24) is 15.3 Å². The van der Waals surface area contributed by atoms with Crippen molar-refractivity contribution < 1.29 is 14.8 Å². The van der Waals surface area contributed by atoms with Gasteiger partial charge in [-0.15, -0.1) is 0 Å². The minimum atomic E-state index is 0.233. The Morgan fingerprint density at radius 3 is 1.11 bits per heavy atom. The molecule has 0 fully saturated rings. The van der Waals surface area contributed by atoms with E-state index in [0.717, 1.165) is 71.0 Å². The Kier molecular flexibility index (Phi) is 34.7. The zero-order valence-corrected chi connectivity index (χ0v) is 30.3. The maximum atomic E-state index is 13.0. The van der Waals surface area contributed by atoms with Gasteiger partial charge in [0.15, 0.2) is 0 Å². The lowest BCUT2D eigenvalue weighted by atomic mass is 10.0. The van der Waals surface area contributed by atoms with E-state index in [1.165, 1.54) is 116 Å². The molecule has 0 aromatic heterocycles. The van der Waals surface area contributed by atoms with Gasteiger partial charge in [-0.25, -0.2) is 5.48 Å². The summed E-state index contributed by atoms with van der Waals surface area (Å²) < 4.78 is 0. The van der Waals surface area contributed by atoms with E-state index in [0.29, 0.717) is 32.5 Å². The topological polar surface area (TPSA) is 98.9 Å². The Balaban J connectivity index is 4.26. The van der Waals surface area contributed by atoms with Gasteiger partial charge in [-0.2, -0.15) is 0 Å². The monoisotopic (exact) mass is 639 g/mol. The normalized spacial score (nSPS) is 11.3. The summed E-state index contributed by atoms with van der Waals surface area (Å²) >= 11 is 0. The van der Waals surface area contributed by atoms with Crippen molar-refractivity contribution in [2.75, 3.05) is 39.3 Å². The summed E-state index contributed by atoms with van der Waals surface area (Å²) in [4.78, 5) is 30.0. The lowest BCUT2D eigenvalue weighted by Gasteiger charge is -2.25. The molecule has 0 saturated carbocycles. The standard InChI is InChI=1S/C38H78N4O3/c1-3-5-7-9-11-13-15-17-19-21-23-29-37(43)41(35-27-31-39)33-25-26-34-42(36-28-32-40-45)38(44)30-24-22-20-18-16-14-12-10-8-6-4-2/h40,45H,3-36,39H2,1-2H3. The molecule has 45 heavy (non-hydrogen) atoms. The number of hydrogen-bond acceptors (Lipinski definition) is 5. The quantitative estimate of drug-likeness (QED) is 0.0469. The maximum Gasteiger partial charge on any atom is 0.222 e. The van der Waals surface area contributed by atoms with E-state index in [9.17, 15) is 9.59 Å². The van der Waals surface area contributed by atoms with Crippen LogP contribution in [0.25, 0.3) is 0 Å². The summed E-state index contributed by atoms with van der Waals surface area (Å²) in [5.74, 6) is 0.495. The molecule has 0 heterocycles. The summed E-state index contributed by atoms with van der Waals surface area (Å²) in [6, 6.07) is 0. The van der Waals surface area contributed by atoms with Crippen LogP contribution in [0.15, 0.2) is 0 Å². The molecule has 0 radical (unpaired) electrons. The molecule has 0 rings (SSSR count). The van der Waals surface area contributed by atoms with Crippen LogP contribution in [0.2, 0.25) is 0 Å². The van der Waals surface area contributed by atoms with E-state index >= 15 is 0 Å². The van der Waals surface area contributed by atoms with Gasteiger partial charge in [-0.05, 0) is 45.1 Å². The molecule has 0 unspecified atom stereocenters. The third-order valence-corrected chi connectivity index (χ3v) is 9.15. The van der Waals surface area contributed by atoms with Crippen LogP contribution < -0.4 is 11.2 Å². The van der Waals surface area contributed by atoms with Crippen molar-refractivity contribution >= 4 is 11.8 Å². The first kappa shape index (κ1) is 43.8. The molecule has 0 saturated heterocycles. The Morgan fingerprint density at radius 2 is 0.778 bits per heavy atom. The predicted molar refractivity (Wildman–Crippen MR) is 193 cm³/mol. The minimum Gasteiger partial charge on any atom is -0.343 e. The van der Waals surface area contributed by atoms with E-state index in [1.807, 2.05) is 9.80 Å². The average molecular weight is 639 g/mol. The van der Waals surface area contributed by atoms with E-state index in [1.54, 1.807) is 0 Å². The van der Waals surface area contributed by atoms with E-state index in [-0.39, 0.29) is 11.8 Å². The number of hydrogen-bond donors (Lipinski definition) is 3. The van der Waals surface area contributed by atoms with Gasteiger partial charge in [0.2, 0.25) is 11.8 Å². The smallest absolute Gasteiger partial charge is 0.222 e. The Morgan fingerprint density at radius 1 is 0.467 bits per heavy atom. The molecule has 0 atom stereocenters. The molecule has 0 bridgehead atoms. The number of carbonyl (C=O) groups is 2. The van der Waals surface area contributed by atoms with Gasteiger partial charge in [-0.1, -0.05) is 142 Å². The molecule has 7 heteroatoms. The molecular weight excluding hydrogens is 560 g/mol. The highest BCUT2D eigenvalue weighted by Gasteiger charge is 2.15. The molecule has 7 nitrogen and oxygen atoms in total. The van der Waals surface area contributed by atoms with Crippen molar-refractivity contribution in [3.8, 4) is 0 Å². The van der Waals surface area contributed by atoms with Crippen LogP contribution >= 0.6 is 0 Å². The lowest BCUT2D eigenvalue weighted by Crippen LogP contribution is -2.36. The van der Waals surface area contributed by atoms with Crippen LogP contribution in [0.3, 0.4) is 0 Å². The number of rotatable bonds is 36. The van der Waals surface area contributed by atoms with Crippen molar-refractivity contribution in [2.24, 2.45) is 5.73 Å². The molecule has 0 aromatic carbocycles. The molecule has 0 aliphatic rings. The van der Waals surface area contributed by atoms with E-state index < -0.39 is 0 Å². The molecule has 0 spiro atoms. The summed E-state index contributed by atoms with van der Waals surface area (Å²) in [7, 11) is 0. The second-order valence-corrected chi connectivity index (χ2v) is 13.4. The van der Waals surface area contributed by atoms with E-state index in [4.69, 9.17) is 10.9 Å². The lowest BCUT2D eigenvalue weighted by molar-refractivity contribution is -0.133. The molecule has 2 amide bonds. The number of nitrogens with zero attached hydrogens (tertiary/aromatic N) is 2. The average Bonchev–Trinajstić information content (AvgIpc) is 3.04. The molecule has 4 N–H and O–H groups in total. The van der Waals surface area contributed by atoms with Crippen molar-refractivity contribution in [1.29, 1.82) is 0 Å². The minimum absolute atomic E-state index is 0.233. The first-order valence-electron chi connectivity index (χ1n) is 19.7. The van der Waals surface area contributed by atoms with Gasteiger partial charge in [-0.3, -0.25) is 9.59 Å². The number of hydroxylamine groups is 1. The zero-order valence-electron chi connectivity index (χ0n) is 30.3. The van der Waals surface area contributed by atoms with Crippen LogP contribution in [0.4, 0.5) is 0 Å². The fourth-order valence-corrected chi connectivity index (χ4v) is 6.16. The fourth-order valence-electron chi connectivity index (χ4n) is 6.16. The SMILES string of the molecule is CCCCCCCCCCCCCC(=O)N(CCCN)CCCCN(CCCNO)C(=O)CCCCCCCCCCCCC. The Bertz CT molecular complexity index is 634. The zero-order chi connectivity index (χ0) is 33.1. The largest absolute Gasteiger partial charge is 0.343 e. The second-order valence-electron chi connectivity index (χ2n) is 13.4. The maximum absolute atomic E-state index is 13.0. The summed E-state index contributed by atoms with van der Waals surface area (Å²) in [6.45, 7) is 8.48. The molecule has 268 valence electrons. The van der Waals surface area contributed by atoms with Crippen LogP contribution in [0, 0.1) is 0 Å². The van der Waals surface area contributed by atoms with Crippen LogP contribution in [-0.2, 0) is 9.59 Å².